The molecule has 1 amide bonds. The number of ether oxygens (including phenoxy) is 3. The number of carbonyl (C=O) groups is 1. The van der Waals surface area contributed by atoms with Crippen molar-refractivity contribution in [2.75, 3.05) is 7.11 Å². The van der Waals surface area contributed by atoms with E-state index < -0.39 is 0 Å². The Labute approximate surface area is 190 Å². The van der Waals surface area contributed by atoms with Crippen molar-refractivity contribution in [2.45, 2.75) is 70.8 Å². The number of aromatic nitrogens is 1. The van der Waals surface area contributed by atoms with Crippen LogP contribution < -0.4 is 14.8 Å². The molecule has 4 rings (SSSR count). The van der Waals surface area contributed by atoms with Crippen LogP contribution in [-0.2, 0) is 16.1 Å². The van der Waals surface area contributed by atoms with Crippen LogP contribution in [0.5, 0.6) is 11.5 Å². The first-order valence-electron chi connectivity index (χ1n) is 11.5. The molecule has 1 saturated carbocycles. The largest absolute Gasteiger partial charge is 0.493 e. The summed E-state index contributed by atoms with van der Waals surface area (Å²) in [5.74, 6) is 2.32. The van der Waals surface area contributed by atoms with Gasteiger partial charge in [-0.1, -0.05) is 25.5 Å². The van der Waals surface area contributed by atoms with Crippen molar-refractivity contribution in [3.8, 4) is 11.5 Å². The second kappa shape index (κ2) is 9.49. The predicted molar refractivity (Wildman–Crippen MR) is 123 cm³/mol. The molecule has 5 atom stereocenters. The second-order valence-corrected chi connectivity index (χ2v) is 9.51. The van der Waals surface area contributed by atoms with Gasteiger partial charge < -0.3 is 19.5 Å². The van der Waals surface area contributed by atoms with Crippen molar-refractivity contribution in [3.63, 3.8) is 0 Å². The van der Waals surface area contributed by atoms with Crippen LogP contribution in [0, 0.1) is 11.8 Å². The Balaban J connectivity index is 1.59. The van der Waals surface area contributed by atoms with Gasteiger partial charge in [0.2, 0.25) is 5.91 Å². The van der Waals surface area contributed by atoms with E-state index in [1.807, 2.05) is 36.4 Å². The number of nitrogens with zero attached hydrogens (tertiary/aromatic N) is 1. The molecular weight excluding hydrogens is 404 g/mol. The highest BCUT2D eigenvalue weighted by Crippen LogP contribution is 2.48. The number of hydrogen-bond donors (Lipinski definition) is 1. The van der Waals surface area contributed by atoms with E-state index in [0.29, 0.717) is 29.9 Å². The summed E-state index contributed by atoms with van der Waals surface area (Å²) in [6.45, 7) is 6.43. The zero-order chi connectivity index (χ0) is 22.7. The molecule has 1 N–H and O–H groups in total. The summed E-state index contributed by atoms with van der Waals surface area (Å²) in [5, 5.41) is 3.27. The van der Waals surface area contributed by atoms with Crippen LogP contribution in [0.25, 0.3) is 0 Å². The van der Waals surface area contributed by atoms with E-state index in [9.17, 15) is 4.79 Å². The molecule has 6 nitrogen and oxygen atoms in total. The van der Waals surface area contributed by atoms with Gasteiger partial charge in [-0.25, -0.2) is 0 Å². The fraction of sp³-hybridized carbons (Fsp3) is 0.538. The average molecular weight is 439 g/mol. The number of nitrogens with one attached hydrogen (secondary N) is 1. The van der Waals surface area contributed by atoms with Gasteiger partial charge in [-0.2, -0.15) is 0 Å². The van der Waals surface area contributed by atoms with Gasteiger partial charge in [0.15, 0.2) is 11.5 Å². The maximum Gasteiger partial charge on any atom is 0.217 e. The van der Waals surface area contributed by atoms with Crippen LogP contribution >= 0.6 is 0 Å². The first-order valence-corrected chi connectivity index (χ1v) is 11.5. The zero-order valence-electron chi connectivity index (χ0n) is 19.5. The highest BCUT2D eigenvalue weighted by atomic mass is 16.5. The fourth-order valence-electron chi connectivity index (χ4n) is 5.39. The number of rotatable bonds is 6. The summed E-state index contributed by atoms with van der Waals surface area (Å²) in [5.41, 5.74) is 1.59. The molecule has 2 aliphatic rings. The maximum absolute atomic E-state index is 12.1. The molecule has 0 unspecified atom stereocenters. The molecule has 6 heteroatoms. The van der Waals surface area contributed by atoms with Crippen molar-refractivity contribution in [2.24, 2.45) is 11.8 Å². The molecule has 1 aromatic heterocycles. The zero-order valence-corrected chi connectivity index (χ0v) is 19.5. The lowest BCUT2D eigenvalue weighted by Crippen LogP contribution is -2.60. The summed E-state index contributed by atoms with van der Waals surface area (Å²) < 4.78 is 18.3. The van der Waals surface area contributed by atoms with E-state index in [1.54, 1.807) is 20.2 Å². The Morgan fingerprint density at radius 2 is 2.09 bits per heavy atom. The van der Waals surface area contributed by atoms with E-state index in [1.165, 1.54) is 6.42 Å². The van der Waals surface area contributed by atoms with Crippen LogP contribution in [0.1, 0.15) is 63.8 Å². The lowest BCUT2D eigenvalue weighted by Gasteiger charge is -2.52. The van der Waals surface area contributed by atoms with E-state index in [4.69, 9.17) is 14.2 Å². The molecular formula is C26H34N2O4. The van der Waals surface area contributed by atoms with Gasteiger partial charge in [-0.15, -0.1) is 0 Å². The van der Waals surface area contributed by atoms with Crippen molar-refractivity contribution in [1.29, 1.82) is 0 Å². The quantitative estimate of drug-likeness (QED) is 0.700. The molecule has 1 aliphatic carbocycles. The molecule has 0 radical (unpaired) electrons. The Kier molecular flexibility index (Phi) is 6.70. The monoisotopic (exact) mass is 438 g/mol. The molecule has 2 fully saturated rings. The summed E-state index contributed by atoms with van der Waals surface area (Å²) in [7, 11) is 1.64. The van der Waals surface area contributed by atoms with Crippen LogP contribution in [-0.4, -0.2) is 29.6 Å². The van der Waals surface area contributed by atoms with Crippen LogP contribution in [0.3, 0.4) is 0 Å². The maximum atomic E-state index is 12.1. The third-order valence-corrected chi connectivity index (χ3v) is 6.94. The van der Waals surface area contributed by atoms with Gasteiger partial charge in [0.25, 0.3) is 0 Å². The Bertz CT molecular complexity index is 935. The van der Waals surface area contributed by atoms with Gasteiger partial charge in [-0.05, 0) is 55.5 Å². The standard InChI is InChI=1S/C26H34N2O4/c1-17-8-10-21-23(13-17)32-25(15-26(21,3)28-18(2)29)19-9-11-22(30-4)24(14-19)31-16-20-7-5-6-12-27-20/h5-7,9,11-12,14,17,21,23,25H,8,10,13,15-16H2,1-4H3,(H,28,29)/t17-,21-,23-,25-,26+/m1/s1. The molecule has 1 aromatic carbocycles. The number of hydrogen-bond acceptors (Lipinski definition) is 5. The SMILES string of the molecule is COc1ccc([C@H]2C[C@](C)(NC(C)=O)[C@@H]3CC[C@@H](C)C[C@H]3O2)cc1OCc1ccccn1. The lowest BCUT2D eigenvalue weighted by molar-refractivity contribution is -0.153. The topological polar surface area (TPSA) is 69.7 Å². The minimum Gasteiger partial charge on any atom is -0.493 e. The van der Waals surface area contributed by atoms with Crippen molar-refractivity contribution < 1.29 is 19.0 Å². The minimum atomic E-state index is -0.297. The van der Waals surface area contributed by atoms with Crippen molar-refractivity contribution in [1.82, 2.24) is 10.3 Å². The first kappa shape index (κ1) is 22.6. The molecule has 1 aliphatic heterocycles. The number of pyridine rings is 1. The predicted octanol–water partition coefficient (Wildman–Crippen LogP) is 4.83. The summed E-state index contributed by atoms with van der Waals surface area (Å²) in [6, 6.07) is 11.7. The minimum absolute atomic E-state index is 0.0136. The number of benzene rings is 1. The lowest BCUT2D eigenvalue weighted by atomic mass is 9.66. The molecule has 2 aromatic rings. The molecule has 2 heterocycles. The summed E-state index contributed by atoms with van der Waals surface area (Å²) >= 11 is 0. The van der Waals surface area contributed by atoms with E-state index in [-0.39, 0.29) is 23.7 Å². The molecule has 32 heavy (non-hydrogen) atoms. The van der Waals surface area contributed by atoms with Gasteiger partial charge in [0.05, 0.1) is 25.0 Å². The molecule has 1 saturated heterocycles. The third kappa shape index (κ3) is 4.90. The molecule has 0 spiro atoms. The van der Waals surface area contributed by atoms with Crippen LogP contribution in [0.4, 0.5) is 0 Å². The van der Waals surface area contributed by atoms with Gasteiger partial charge >= 0.3 is 0 Å². The summed E-state index contributed by atoms with van der Waals surface area (Å²) in [6.07, 6.45) is 5.78. The van der Waals surface area contributed by atoms with E-state index in [0.717, 1.165) is 30.5 Å². The van der Waals surface area contributed by atoms with Gasteiger partial charge in [0, 0.05) is 31.0 Å². The fourth-order valence-corrected chi connectivity index (χ4v) is 5.39. The third-order valence-electron chi connectivity index (χ3n) is 6.94. The molecule has 0 bridgehead atoms. The highest BCUT2D eigenvalue weighted by molar-refractivity contribution is 5.73. The highest BCUT2D eigenvalue weighted by Gasteiger charge is 2.49. The van der Waals surface area contributed by atoms with Crippen molar-refractivity contribution >= 4 is 5.91 Å². The summed E-state index contributed by atoms with van der Waals surface area (Å²) in [4.78, 5) is 16.4. The first-order chi connectivity index (χ1) is 15.4. The number of methoxy groups -OCH3 is 1. The van der Waals surface area contributed by atoms with Crippen molar-refractivity contribution in [3.05, 3.63) is 53.9 Å². The average Bonchev–Trinajstić information content (AvgIpc) is 2.77. The normalized spacial score (nSPS) is 29.6. The van der Waals surface area contributed by atoms with Crippen LogP contribution in [0.2, 0.25) is 0 Å². The van der Waals surface area contributed by atoms with Gasteiger partial charge in [-0.3, -0.25) is 9.78 Å². The number of amides is 1. The van der Waals surface area contributed by atoms with Crippen LogP contribution in [0.15, 0.2) is 42.6 Å². The Morgan fingerprint density at radius 3 is 2.81 bits per heavy atom. The second-order valence-electron chi connectivity index (χ2n) is 9.51. The van der Waals surface area contributed by atoms with E-state index >= 15 is 0 Å². The molecule has 172 valence electrons. The Morgan fingerprint density at radius 1 is 1.25 bits per heavy atom. The number of fused-ring (bicyclic) bond motifs is 1. The Hall–Kier alpha value is -2.60. The smallest absolute Gasteiger partial charge is 0.217 e. The van der Waals surface area contributed by atoms with Gasteiger partial charge in [0.1, 0.15) is 6.61 Å². The number of carbonyl (C=O) groups excluding carboxylic acids is 1. The van der Waals surface area contributed by atoms with E-state index in [2.05, 4.69) is 24.1 Å².